The molecule has 0 bridgehead atoms. The zero-order valence-corrected chi connectivity index (χ0v) is 17.0. The SMILES string of the molecule is CCOc1ccc([C@@H](C)NC(=O)CN(c2cccc(Cl)c2)S(C)(=O)=O)cc1. The van der Waals surface area contributed by atoms with Crippen LogP contribution in [0.5, 0.6) is 5.75 Å². The van der Waals surface area contributed by atoms with Crippen molar-refractivity contribution < 1.29 is 17.9 Å². The number of hydrogen-bond acceptors (Lipinski definition) is 4. The average Bonchev–Trinajstić information content (AvgIpc) is 2.59. The number of hydrogen-bond donors (Lipinski definition) is 1. The fraction of sp³-hybridized carbons (Fsp3) is 0.316. The van der Waals surface area contributed by atoms with E-state index in [1.54, 1.807) is 18.2 Å². The number of amides is 1. The predicted molar refractivity (Wildman–Crippen MR) is 108 cm³/mol. The van der Waals surface area contributed by atoms with Crippen LogP contribution in [-0.2, 0) is 14.8 Å². The summed E-state index contributed by atoms with van der Waals surface area (Å²) in [6.07, 6.45) is 1.05. The Morgan fingerprint density at radius 2 is 1.89 bits per heavy atom. The first-order chi connectivity index (χ1) is 12.7. The van der Waals surface area contributed by atoms with Gasteiger partial charge >= 0.3 is 0 Å². The molecule has 0 fully saturated rings. The quantitative estimate of drug-likeness (QED) is 0.723. The number of benzene rings is 2. The van der Waals surface area contributed by atoms with Crippen LogP contribution in [0.3, 0.4) is 0 Å². The summed E-state index contributed by atoms with van der Waals surface area (Å²) < 4.78 is 30.7. The first-order valence-electron chi connectivity index (χ1n) is 8.46. The highest BCUT2D eigenvalue weighted by Crippen LogP contribution is 2.22. The van der Waals surface area contributed by atoms with Gasteiger partial charge in [-0.05, 0) is 49.7 Å². The van der Waals surface area contributed by atoms with E-state index < -0.39 is 15.9 Å². The molecule has 8 heteroatoms. The van der Waals surface area contributed by atoms with E-state index in [9.17, 15) is 13.2 Å². The molecule has 0 saturated heterocycles. The lowest BCUT2D eigenvalue weighted by atomic mass is 10.1. The Morgan fingerprint density at radius 1 is 1.22 bits per heavy atom. The van der Waals surface area contributed by atoms with Crippen LogP contribution in [0.2, 0.25) is 5.02 Å². The van der Waals surface area contributed by atoms with Crippen LogP contribution < -0.4 is 14.4 Å². The van der Waals surface area contributed by atoms with Gasteiger partial charge in [0, 0.05) is 5.02 Å². The second-order valence-corrected chi connectivity index (χ2v) is 8.38. The van der Waals surface area contributed by atoms with E-state index >= 15 is 0 Å². The third-order valence-corrected chi connectivity index (χ3v) is 5.23. The molecule has 0 heterocycles. The molecule has 0 unspecified atom stereocenters. The van der Waals surface area contributed by atoms with Crippen LogP contribution in [0.4, 0.5) is 5.69 Å². The minimum absolute atomic E-state index is 0.283. The minimum atomic E-state index is -3.64. The molecular formula is C19H23ClN2O4S. The van der Waals surface area contributed by atoms with E-state index in [2.05, 4.69) is 5.32 Å². The summed E-state index contributed by atoms with van der Waals surface area (Å²) in [4.78, 5) is 12.4. The van der Waals surface area contributed by atoms with Gasteiger partial charge in [-0.25, -0.2) is 8.42 Å². The third-order valence-electron chi connectivity index (χ3n) is 3.85. The lowest BCUT2D eigenvalue weighted by molar-refractivity contribution is -0.120. The van der Waals surface area contributed by atoms with Crippen molar-refractivity contribution in [2.45, 2.75) is 19.9 Å². The molecule has 0 aliphatic carbocycles. The van der Waals surface area contributed by atoms with Crippen molar-refractivity contribution in [3.8, 4) is 5.75 Å². The summed E-state index contributed by atoms with van der Waals surface area (Å²) in [5.74, 6) is 0.339. The Morgan fingerprint density at radius 3 is 2.44 bits per heavy atom. The van der Waals surface area contributed by atoms with Crippen LogP contribution in [0.25, 0.3) is 0 Å². The zero-order chi connectivity index (χ0) is 20.0. The molecule has 0 saturated carbocycles. The number of carbonyl (C=O) groups is 1. The minimum Gasteiger partial charge on any atom is -0.494 e. The topological polar surface area (TPSA) is 75.7 Å². The van der Waals surface area contributed by atoms with Gasteiger partial charge in [0.1, 0.15) is 12.3 Å². The highest BCUT2D eigenvalue weighted by molar-refractivity contribution is 7.92. The molecule has 27 heavy (non-hydrogen) atoms. The Kier molecular flexibility index (Phi) is 7.10. The molecule has 0 aromatic heterocycles. The molecule has 2 rings (SSSR count). The number of anilines is 1. The number of nitrogens with zero attached hydrogens (tertiary/aromatic N) is 1. The Balaban J connectivity index is 2.09. The van der Waals surface area contributed by atoms with Crippen LogP contribution in [0.15, 0.2) is 48.5 Å². The van der Waals surface area contributed by atoms with E-state index in [0.29, 0.717) is 17.3 Å². The van der Waals surface area contributed by atoms with Gasteiger partial charge in [0.2, 0.25) is 15.9 Å². The van der Waals surface area contributed by atoms with Gasteiger partial charge in [-0.1, -0.05) is 29.8 Å². The van der Waals surface area contributed by atoms with Gasteiger partial charge in [0.15, 0.2) is 0 Å². The second kappa shape index (κ2) is 9.10. The average molecular weight is 411 g/mol. The van der Waals surface area contributed by atoms with Crippen LogP contribution in [0.1, 0.15) is 25.5 Å². The van der Waals surface area contributed by atoms with Crippen molar-refractivity contribution in [3.05, 3.63) is 59.1 Å². The smallest absolute Gasteiger partial charge is 0.241 e. The lowest BCUT2D eigenvalue weighted by Gasteiger charge is -2.23. The number of halogens is 1. The molecule has 146 valence electrons. The summed E-state index contributed by atoms with van der Waals surface area (Å²) in [6, 6.07) is 13.5. The van der Waals surface area contributed by atoms with Gasteiger partial charge in [-0.2, -0.15) is 0 Å². The maximum Gasteiger partial charge on any atom is 0.241 e. The fourth-order valence-corrected chi connectivity index (χ4v) is 3.58. The van der Waals surface area contributed by atoms with E-state index in [1.807, 2.05) is 38.1 Å². The van der Waals surface area contributed by atoms with Crippen molar-refractivity contribution in [2.75, 3.05) is 23.7 Å². The fourth-order valence-electron chi connectivity index (χ4n) is 2.55. The molecule has 0 radical (unpaired) electrons. The Hall–Kier alpha value is -2.25. The van der Waals surface area contributed by atoms with Crippen LogP contribution >= 0.6 is 11.6 Å². The van der Waals surface area contributed by atoms with Gasteiger partial charge in [-0.3, -0.25) is 9.10 Å². The molecule has 2 aromatic rings. The molecule has 0 spiro atoms. The molecule has 1 amide bonds. The van der Waals surface area contributed by atoms with E-state index in [0.717, 1.165) is 21.9 Å². The van der Waals surface area contributed by atoms with E-state index in [4.69, 9.17) is 16.3 Å². The summed E-state index contributed by atoms with van der Waals surface area (Å²) in [5.41, 5.74) is 1.23. The van der Waals surface area contributed by atoms with Crippen LogP contribution in [0, 0.1) is 0 Å². The summed E-state index contributed by atoms with van der Waals surface area (Å²) in [7, 11) is -3.64. The number of rotatable bonds is 8. The highest BCUT2D eigenvalue weighted by Gasteiger charge is 2.22. The maximum absolute atomic E-state index is 12.4. The van der Waals surface area contributed by atoms with Crippen molar-refractivity contribution in [2.24, 2.45) is 0 Å². The normalized spacial score (nSPS) is 12.3. The number of carbonyl (C=O) groups excluding carboxylic acids is 1. The van der Waals surface area contributed by atoms with E-state index in [1.165, 1.54) is 6.07 Å². The van der Waals surface area contributed by atoms with Crippen molar-refractivity contribution in [1.29, 1.82) is 0 Å². The van der Waals surface area contributed by atoms with Crippen molar-refractivity contribution >= 4 is 33.2 Å². The van der Waals surface area contributed by atoms with Gasteiger partial charge < -0.3 is 10.1 Å². The summed E-state index contributed by atoms with van der Waals surface area (Å²) >= 11 is 5.94. The number of ether oxygens (including phenoxy) is 1. The number of sulfonamides is 1. The summed E-state index contributed by atoms with van der Waals surface area (Å²) in [6.45, 7) is 3.99. The molecule has 0 aliphatic heterocycles. The van der Waals surface area contributed by atoms with Gasteiger partial charge in [0.25, 0.3) is 0 Å². The summed E-state index contributed by atoms with van der Waals surface area (Å²) in [5, 5.41) is 3.21. The molecule has 0 aliphatic rings. The predicted octanol–water partition coefficient (Wildman–Crippen LogP) is 3.38. The van der Waals surface area contributed by atoms with Gasteiger partial charge in [0.05, 0.1) is 24.6 Å². The monoisotopic (exact) mass is 410 g/mol. The van der Waals surface area contributed by atoms with Crippen molar-refractivity contribution in [3.63, 3.8) is 0 Å². The molecule has 1 atom stereocenters. The second-order valence-electron chi connectivity index (χ2n) is 6.04. The Bertz CT molecular complexity index is 885. The lowest BCUT2D eigenvalue weighted by Crippen LogP contribution is -2.41. The zero-order valence-electron chi connectivity index (χ0n) is 15.5. The maximum atomic E-state index is 12.4. The largest absolute Gasteiger partial charge is 0.494 e. The third kappa shape index (κ3) is 6.15. The molecule has 2 aromatic carbocycles. The highest BCUT2D eigenvalue weighted by atomic mass is 35.5. The molecule has 6 nitrogen and oxygen atoms in total. The standard InChI is InChI=1S/C19H23ClN2O4S/c1-4-26-18-10-8-15(9-11-18)14(2)21-19(23)13-22(27(3,24)25)17-7-5-6-16(20)12-17/h5-12,14H,4,13H2,1-3H3,(H,21,23)/t14-/m1/s1. The van der Waals surface area contributed by atoms with Crippen LogP contribution in [-0.4, -0.2) is 33.7 Å². The molecule has 1 N–H and O–H groups in total. The first-order valence-corrected chi connectivity index (χ1v) is 10.7. The number of nitrogens with one attached hydrogen (secondary N) is 1. The Labute approximate surface area is 165 Å². The molecular weight excluding hydrogens is 388 g/mol. The van der Waals surface area contributed by atoms with Gasteiger partial charge in [-0.15, -0.1) is 0 Å². The first kappa shape index (κ1) is 21.1. The van der Waals surface area contributed by atoms with E-state index in [-0.39, 0.29) is 12.6 Å². The van der Waals surface area contributed by atoms with Crippen molar-refractivity contribution in [1.82, 2.24) is 5.32 Å².